The van der Waals surface area contributed by atoms with Gasteiger partial charge in [0.1, 0.15) is 12.1 Å². The van der Waals surface area contributed by atoms with Gasteiger partial charge in [0.2, 0.25) is 5.88 Å². The molecule has 2 rings (SSSR count). The second kappa shape index (κ2) is 6.10. The Morgan fingerprint density at radius 2 is 2.41 bits per heavy atom. The molecule has 1 unspecified atom stereocenters. The predicted octanol–water partition coefficient (Wildman–Crippen LogP) is 2.35. The van der Waals surface area contributed by atoms with Gasteiger partial charge in [0.15, 0.2) is 0 Å². The Labute approximate surface area is 107 Å². The van der Waals surface area contributed by atoms with Crippen LogP contribution in [0.15, 0.2) is 6.33 Å². The van der Waals surface area contributed by atoms with Crippen molar-refractivity contribution in [1.29, 1.82) is 0 Å². The quantitative estimate of drug-likeness (QED) is 0.873. The molecule has 94 valence electrons. The molecule has 2 heterocycles. The van der Waals surface area contributed by atoms with E-state index in [-0.39, 0.29) is 0 Å². The van der Waals surface area contributed by atoms with Crippen molar-refractivity contribution in [2.24, 2.45) is 5.92 Å². The summed E-state index contributed by atoms with van der Waals surface area (Å²) in [6.45, 7) is 5.59. The highest BCUT2D eigenvalue weighted by molar-refractivity contribution is 7.99. The third kappa shape index (κ3) is 3.25. The lowest BCUT2D eigenvalue weighted by atomic mass is 10.1. The van der Waals surface area contributed by atoms with Crippen LogP contribution in [0.2, 0.25) is 0 Å². The normalized spacial score (nSPS) is 19.3. The molecule has 0 bridgehead atoms. The number of anilines is 1. The Bertz CT molecular complexity index is 367. The molecule has 1 N–H and O–H groups in total. The van der Waals surface area contributed by atoms with Gasteiger partial charge in [-0.1, -0.05) is 0 Å². The first-order valence-corrected chi connectivity index (χ1v) is 7.22. The van der Waals surface area contributed by atoms with E-state index in [4.69, 9.17) is 4.74 Å². The van der Waals surface area contributed by atoms with Crippen molar-refractivity contribution in [3.8, 4) is 5.88 Å². The summed E-state index contributed by atoms with van der Waals surface area (Å²) in [4.78, 5) is 8.40. The lowest BCUT2D eigenvalue weighted by Gasteiger charge is -2.13. The van der Waals surface area contributed by atoms with Gasteiger partial charge in [0.25, 0.3) is 0 Å². The van der Waals surface area contributed by atoms with Crippen LogP contribution in [-0.2, 0) is 0 Å². The van der Waals surface area contributed by atoms with E-state index in [0.29, 0.717) is 12.5 Å². The summed E-state index contributed by atoms with van der Waals surface area (Å²) < 4.78 is 5.45. The highest BCUT2D eigenvalue weighted by atomic mass is 32.2. The molecule has 0 spiro atoms. The predicted molar refractivity (Wildman–Crippen MR) is 71.9 cm³/mol. The minimum absolute atomic E-state index is 0.635. The molecule has 4 nitrogen and oxygen atoms in total. The van der Waals surface area contributed by atoms with Crippen LogP contribution in [0.3, 0.4) is 0 Å². The fourth-order valence-electron chi connectivity index (χ4n) is 1.88. The smallest absolute Gasteiger partial charge is 0.221 e. The van der Waals surface area contributed by atoms with Crippen LogP contribution in [0.25, 0.3) is 0 Å². The average Bonchev–Trinajstić information content (AvgIpc) is 2.83. The number of thioether (sulfide) groups is 1. The van der Waals surface area contributed by atoms with Crippen molar-refractivity contribution in [3.63, 3.8) is 0 Å². The number of hydrogen-bond donors (Lipinski definition) is 1. The maximum absolute atomic E-state index is 5.45. The minimum Gasteiger partial charge on any atom is -0.478 e. The van der Waals surface area contributed by atoms with E-state index in [1.807, 2.05) is 25.6 Å². The Balaban J connectivity index is 1.97. The number of rotatable bonds is 5. The van der Waals surface area contributed by atoms with E-state index in [9.17, 15) is 0 Å². The number of ether oxygens (including phenoxy) is 1. The number of aromatic nitrogens is 2. The molecule has 1 saturated heterocycles. The maximum Gasteiger partial charge on any atom is 0.221 e. The zero-order valence-corrected chi connectivity index (χ0v) is 11.2. The van der Waals surface area contributed by atoms with Gasteiger partial charge >= 0.3 is 0 Å². The van der Waals surface area contributed by atoms with Crippen LogP contribution >= 0.6 is 11.8 Å². The lowest BCUT2D eigenvalue weighted by molar-refractivity contribution is 0.324. The van der Waals surface area contributed by atoms with E-state index < -0.39 is 0 Å². The van der Waals surface area contributed by atoms with Crippen LogP contribution in [0.4, 0.5) is 5.82 Å². The van der Waals surface area contributed by atoms with Crippen LogP contribution in [0.5, 0.6) is 5.88 Å². The molecule has 0 amide bonds. The van der Waals surface area contributed by atoms with Crippen LogP contribution < -0.4 is 10.1 Å². The molecule has 1 aromatic rings. The summed E-state index contributed by atoms with van der Waals surface area (Å²) in [5.41, 5.74) is 1.00. The van der Waals surface area contributed by atoms with Crippen molar-refractivity contribution in [2.45, 2.75) is 20.3 Å². The topological polar surface area (TPSA) is 47.0 Å². The minimum atomic E-state index is 0.635. The van der Waals surface area contributed by atoms with Crippen molar-refractivity contribution in [2.75, 3.05) is 30.0 Å². The van der Waals surface area contributed by atoms with Gasteiger partial charge < -0.3 is 10.1 Å². The molecule has 1 fully saturated rings. The highest BCUT2D eigenvalue weighted by Crippen LogP contribution is 2.25. The van der Waals surface area contributed by atoms with Gasteiger partial charge in [-0.15, -0.1) is 0 Å². The zero-order chi connectivity index (χ0) is 12.1. The van der Waals surface area contributed by atoms with Gasteiger partial charge in [-0.3, -0.25) is 0 Å². The first kappa shape index (κ1) is 12.5. The fourth-order valence-corrected chi connectivity index (χ4v) is 3.16. The summed E-state index contributed by atoms with van der Waals surface area (Å²) in [5.74, 6) is 4.91. The third-order valence-corrected chi connectivity index (χ3v) is 4.13. The second-order valence-electron chi connectivity index (χ2n) is 4.20. The maximum atomic E-state index is 5.45. The second-order valence-corrected chi connectivity index (χ2v) is 5.35. The zero-order valence-electron chi connectivity index (χ0n) is 10.4. The lowest BCUT2D eigenvalue weighted by Crippen LogP contribution is -2.15. The molecule has 5 heteroatoms. The monoisotopic (exact) mass is 253 g/mol. The molecule has 1 aliphatic rings. The molecule has 17 heavy (non-hydrogen) atoms. The molecule has 1 atom stereocenters. The molecular weight excluding hydrogens is 234 g/mol. The number of hydrogen-bond acceptors (Lipinski definition) is 5. The summed E-state index contributed by atoms with van der Waals surface area (Å²) in [5, 5.41) is 3.41. The molecular formula is C12H19N3OS. The molecule has 1 aliphatic heterocycles. The summed E-state index contributed by atoms with van der Waals surface area (Å²) in [7, 11) is 0. The molecule has 1 aromatic heterocycles. The Kier molecular flexibility index (Phi) is 4.48. The van der Waals surface area contributed by atoms with Crippen molar-refractivity contribution in [1.82, 2.24) is 9.97 Å². The number of nitrogens with zero attached hydrogens (tertiary/aromatic N) is 2. The van der Waals surface area contributed by atoms with Crippen molar-refractivity contribution in [3.05, 3.63) is 11.9 Å². The molecule has 0 radical (unpaired) electrons. The van der Waals surface area contributed by atoms with E-state index in [0.717, 1.165) is 23.8 Å². The molecule has 0 aromatic carbocycles. The van der Waals surface area contributed by atoms with Crippen molar-refractivity contribution < 1.29 is 4.74 Å². The Hall–Kier alpha value is -0.970. The summed E-state index contributed by atoms with van der Waals surface area (Å²) >= 11 is 2.04. The summed E-state index contributed by atoms with van der Waals surface area (Å²) in [6.07, 6.45) is 2.86. The van der Waals surface area contributed by atoms with Crippen LogP contribution in [-0.4, -0.2) is 34.6 Å². The van der Waals surface area contributed by atoms with Gasteiger partial charge in [0.05, 0.1) is 12.2 Å². The largest absolute Gasteiger partial charge is 0.478 e. The third-order valence-electron chi connectivity index (χ3n) is 2.90. The molecule has 0 aliphatic carbocycles. The van der Waals surface area contributed by atoms with E-state index in [1.165, 1.54) is 17.9 Å². The van der Waals surface area contributed by atoms with Gasteiger partial charge in [-0.25, -0.2) is 9.97 Å². The van der Waals surface area contributed by atoms with E-state index in [2.05, 4.69) is 15.3 Å². The van der Waals surface area contributed by atoms with Crippen LogP contribution in [0, 0.1) is 12.8 Å². The first-order valence-electron chi connectivity index (χ1n) is 6.07. The van der Waals surface area contributed by atoms with Crippen molar-refractivity contribution >= 4 is 17.6 Å². The Morgan fingerprint density at radius 1 is 1.53 bits per heavy atom. The number of nitrogens with one attached hydrogen (secondary N) is 1. The van der Waals surface area contributed by atoms with Crippen LogP contribution in [0.1, 0.15) is 18.9 Å². The van der Waals surface area contributed by atoms with E-state index >= 15 is 0 Å². The summed E-state index contributed by atoms with van der Waals surface area (Å²) in [6, 6.07) is 0. The van der Waals surface area contributed by atoms with Gasteiger partial charge in [-0.2, -0.15) is 11.8 Å². The van der Waals surface area contributed by atoms with Gasteiger partial charge in [-0.05, 0) is 37.7 Å². The van der Waals surface area contributed by atoms with Gasteiger partial charge in [0, 0.05) is 6.54 Å². The molecule has 0 saturated carbocycles. The fraction of sp³-hybridized carbons (Fsp3) is 0.667. The SMILES string of the molecule is CCOc1ncnc(NCC2CCSC2)c1C. The highest BCUT2D eigenvalue weighted by Gasteiger charge is 2.16. The first-order chi connectivity index (χ1) is 8.31. The average molecular weight is 253 g/mol. The Morgan fingerprint density at radius 3 is 3.12 bits per heavy atom. The standard InChI is InChI=1S/C12H19N3OS/c1-3-16-12-9(2)11(14-8-15-12)13-6-10-4-5-17-7-10/h8,10H,3-7H2,1-2H3,(H,13,14,15). The van der Waals surface area contributed by atoms with E-state index in [1.54, 1.807) is 6.33 Å².